The zero-order chi connectivity index (χ0) is 18.2. The van der Waals surface area contributed by atoms with Gasteiger partial charge in [-0.2, -0.15) is 0 Å². The molecule has 26 heavy (non-hydrogen) atoms. The first-order chi connectivity index (χ1) is 12.8. The summed E-state index contributed by atoms with van der Waals surface area (Å²) in [5, 5.41) is 0. The van der Waals surface area contributed by atoms with Crippen LogP contribution >= 0.6 is 0 Å². The molecule has 2 aliphatic rings. The Hall–Kier alpha value is -0.860. The molecule has 1 aliphatic heterocycles. The van der Waals surface area contributed by atoms with Gasteiger partial charge in [0.1, 0.15) is 6.10 Å². The van der Waals surface area contributed by atoms with Crippen molar-refractivity contribution in [2.24, 2.45) is 5.92 Å². The van der Waals surface area contributed by atoms with Crippen molar-refractivity contribution < 1.29 is 9.47 Å². The quantitative estimate of drug-likeness (QED) is 0.476. The molecule has 146 valence electrons. The van der Waals surface area contributed by atoms with Gasteiger partial charge < -0.3 is 9.47 Å². The minimum absolute atomic E-state index is 0.116. The lowest BCUT2D eigenvalue weighted by molar-refractivity contribution is -0.135. The summed E-state index contributed by atoms with van der Waals surface area (Å²) in [4.78, 5) is 0. The van der Waals surface area contributed by atoms with Crippen molar-refractivity contribution in [3.8, 4) is 0 Å². The minimum atomic E-state index is 0.116. The van der Waals surface area contributed by atoms with Crippen molar-refractivity contribution in [3.05, 3.63) is 35.4 Å². The largest absolute Gasteiger partial charge is 0.373 e. The molecule has 1 aromatic rings. The molecule has 1 aliphatic carbocycles. The van der Waals surface area contributed by atoms with E-state index in [1.165, 1.54) is 68.9 Å². The predicted molar refractivity (Wildman–Crippen MR) is 109 cm³/mol. The zero-order valence-electron chi connectivity index (χ0n) is 16.9. The summed E-state index contributed by atoms with van der Waals surface area (Å²) < 4.78 is 11.9. The molecule has 2 atom stereocenters. The molecule has 1 heterocycles. The van der Waals surface area contributed by atoms with E-state index in [4.69, 9.17) is 9.47 Å². The Balaban J connectivity index is 1.43. The Kier molecular flexibility index (Phi) is 8.01. The van der Waals surface area contributed by atoms with Crippen LogP contribution in [0, 0.1) is 5.92 Å². The van der Waals surface area contributed by atoms with Gasteiger partial charge in [0.15, 0.2) is 0 Å². The molecule has 0 amide bonds. The molecule has 2 nitrogen and oxygen atoms in total. The molecule has 0 bridgehead atoms. The van der Waals surface area contributed by atoms with E-state index in [2.05, 4.69) is 38.1 Å². The van der Waals surface area contributed by atoms with E-state index in [9.17, 15) is 0 Å². The first-order valence-electron chi connectivity index (χ1n) is 11.1. The minimum Gasteiger partial charge on any atom is -0.373 e. The highest BCUT2D eigenvalue weighted by molar-refractivity contribution is 5.27. The third-order valence-corrected chi connectivity index (χ3v) is 6.51. The van der Waals surface area contributed by atoms with Crippen molar-refractivity contribution in [2.75, 3.05) is 13.2 Å². The van der Waals surface area contributed by atoms with Crippen LogP contribution in [0.1, 0.15) is 101 Å². The summed E-state index contributed by atoms with van der Waals surface area (Å²) >= 11 is 0. The van der Waals surface area contributed by atoms with Gasteiger partial charge in [0.2, 0.25) is 0 Å². The number of hydrogen-bond acceptors (Lipinski definition) is 2. The third-order valence-electron chi connectivity index (χ3n) is 6.51. The van der Waals surface area contributed by atoms with Gasteiger partial charge in [-0.1, -0.05) is 70.2 Å². The van der Waals surface area contributed by atoms with Crippen LogP contribution in [-0.4, -0.2) is 19.3 Å². The van der Waals surface area contributed by atoms with E-state index in [-0.39, 0.29) is 12.2 Å². The van der Waals surface area contributed by atoms with Gasteiger partial charge in [-0.3, -0.25) is 0 Å². The molecule has 2 heteroatoms. The fraction of sp³-hybridized carbons (Fsp3) is 0.750. The summed E-state index contributed by atoms with van der Waals surface area (Å²) in [7, 11) is 0. The number of benzene rings is 1. The van der Waals surface area contributed by atoms with Crippen molar-refractivity contribution in [1.82, 2.24) is 0 Å². The van der Waals surface area contributed by atoms with E-state index in [0.717, 1.165) is 24.9 Å². The highest BCUT2D eigenvalue weighted by Gasteiger charge is 2.24. The molecule has 0 spiro atoms. The maximum absolute atomic E-state index is 6.00. The van der Waals surface area contributed by atoms with Crippen LogP contribution in [0.4, 0.5) is 0 Å². The van der Waals surface area contributed by atoms with Crippen molar-refractivity contribution in [3.63, 3.8) is 0 Å². The molecule has 0 aromatic heterocycles. The second-order valence-corrected chi connectivity index (χ2v) is 8.42. The second kappa shape index (κ2) is 10.5. The number of hydrogen-bond donors (Lipinski definition) is 0. The smallest absolute Gasteiger partial charge is 0.106 e. The van der Waals surface area contributed by atoms with Crippen LogP contribution in [-0.2, 0) is 9.47 Å². The average Bonchev–Trinajstić information content (AvgIpc) is 2.72. The molecule has 3 rings (SSSR count). The number of rotatable bonds is 8. The molecule has 1 aromatic carbocycles. The van der Waals surface area contributed by atoms with E-state index in [0.29, 0.717) is 6.61 Å². The van der Waals surface area contributed by atoms with Crippen LogP contribution < -0.4 is 0 Å². The highest BCUT2D eigenvalue weighted by atomic mass is 16.6. The summed E-state index contributed by atoms with van der Waals surface area (Å²) in [5.41, 5.74) is 2.80. The summed E-state index contributed by atoms with van der Waals surface area (Å²) in [5.74, 6) is 1.76. The predicted octanol–water partition coefficient (Wildman–Crippen LogP) is 6.80. The van der Waals surface area contributed by atoms with Gasteiger partial charge in [-0.05, 0) is 55.1 Å². The monoisotopic (exact) mass is 358 g/mol. The summed E-state index contributed by atoms with van der Waals surface area (Å²) in [6.07, 6.45) is 14.1. The molecule has 2 fully saturated rings. The maximum atomic E-state index is 6.00. The van der Waals surface area contributed by atoms with Crippen molar-refractivity contribution >= 4 is 0 Å². The van der Waals surface area contributed by atoms with Crippen LogP contribution in [0.15, 0.2) is 24.3 Å². The fourth-order valence-electron chi connectivity index (χ4n) is 4.60. The van der Waals surface area contributed by atoms with Crippen LogP contribution in [0.3, 0.4) is 0 Å². The van der Waals surface area contributed by atoms with Crippen molar-refractivity contribution in [2.45, 2.75) is 96.2 Å². The van der Waals surface area contributed by atoms with E-state index in [1.807, 2.05) is 0 Å². The molecule has 2 unspecified atom stereocenters. The SMILES string of the molecule is CCCCCCC1CCC(c2ccc(C3COC(CC)CO3)cc2)CC1. The van der Waals surface area contributed by atoms with E-state index < -0.39 is 0 Å². The molecule has 0 N–H and O–H groups in total. The molecular weight excluding hydrogens is 320 g/mol. The van der Waals surface area contributed by atoms with Crippen LogP contribution in [0.5, 0.6) is 0 Å². The average molecular weight is 359 g/mol. The van der Waals surface area contributed by atoms with Gasteiger partial charge in [0.05, 0.1) is 19.3 Å². The lowest BCUT2D eigenvalue weighted by Gasteiger charge is -2.30. The lowest BCUT2D eigenvalue weighted by Crippen LogP contribution is -2.30. The van der Waals surface area contributed by atoms with E-state index >= 15 is 0 Å². The number of unbranched alkanes of at least 4 members (excludes halogenated alkanes) is 3. The molecule has 1 saturated heterocycles. The second-order valence-electron chi connectivity index (χ2n) is 8.42. The van der Waals surface area contributed by atoms with Crippen molar-refractivity contribution in [1.29, 1.82) is 0 Å². The lowest BCUT2D eigenvalue weighted by atomic mass is 9.77. The van der Waals surface area contributed by atoms with Gasteiger partial charge >= 0.3 is 0 Å². The standard InChI is InChI=1S/C24H38O2/c1-3-5-6-7-8-19-9-11-20(12-10-19)21-13-15-22(16-14-21)24-18-25-23(4-2)17-26-24/h13-16,19-20,23-24H,3-12,17-18H2,1-2H3. The summed E-state index contributed by atoms with van der Waals surface area (Å²) in [6.45, 7) is 5.88. The fourth-order valence-corrected chi connectivity index (χ4v) is 4.60. The molecular formula is C24H38O2. The Morgan fingerprint density at radius 1 is 0.808 bits per heavy atom. The zero-order valence-corrected chi connectivity index (χ0v) is 16.9. The van der Waals surface area contributed by atoms with Crippen LogP contribution in [0.2, 0.25) is 0 Å². The Morgan fingerprint density at radius 2 is 1.54 bits per heavy atom. The van der Waals surface area contributed by atoms with Gasteiger partial charge in [0, 0.05) is 0 Å². The van der Waals surface area contributed by atoms with E-state index in [1.54, 1.807) is 0 Å². The Bertz CT molecular complexity index is 493. The first kappa shape index (κ1) is 19.9. The third kappa shape index (κ3) is 5.57. The van der Waals surface area contributed by atoms with Crippen LogP contribution in [0.25, 0.3) is 0 Å². The summed E-state index contributed by atoms with van der Waals surface area (Å²) in [6, 6.07) is 9.23. The Labute approximate surface area is 160 Å². The normalized spacial score (nSPS) is 29.6. The van der Waals surface area contributed by atoms with Gasteiger partial charge in [-0.25, -0.2) is 0 Å². The molecule has 1 saturated carbocycles. The highest BCUT2D eigenvalue weighted by Crippen LogP contribution is 2.38. The molecule has 0 radical (unpaired) electrons. The van der Waals surface area contributed by atoms with Gasteiger partial charge in [-0.15, -0.1) is 0 Å². The van der Waals surface area contributed by atoms with Gasteiger partial charge in [0.25, 0.3) is 0 Å². The maximum Gasteiger partial charge on any atom is 0.106 e. The topological polar surface area (TPSA) is 18.5 Å². The first-order valence-corrected chi connectivity index (χ1v) is 11.1. The Morgan fingerprint density at radius 3 is 2.15 bits per heavy atom. The number of ether oxygens (including phenoxy) is 2.